The second kappa shape index (κ2) is 3.56. The molecule has 1 aliphatic rings. The van der Waals surface area contributed by atoms with Gasteiger partial charge in [-0.2, -0.15) is 0 Å². The van der Waals surface area contributed by atoms with Gasteiger partial charge >= 0.3 is 5.97 Å². The fourth-order valence-corrected chi connectivity index (χ4v) is 1.61. The van der Waals surface area contributed by atoms with Gasteiger partial charge in [0.2, 0.25) is 5.91 Å². The van der Waals surface area contributed by atoms with Gasteiger partial charge in [0.15, 0.2) is 0 Å². The molecule has 0 radical (unpaired) electrons. The van der Waals surface area contributed by atoms with Crippen molar-refractivity contribution in [1.82, 2.24) is 5.32 Å². The van der Waals surface area contributed by atoms with E-state index in [4.69, 9.17) is 5.11 Å². The van der Waals surface area contributed by atoms with Crippen LogP contribution in [0, 0.1) is 5.92 Å². The minimum Gasteiger partial charge on any atom is -0.480 e. The maximum Gasteiger partial charge on any atom is 0.326 e. The van der Waals surface area contributed by atoms with E-state index in [1.54, 1.807) is 0 Å². The molecule has 12 heavy (non-hydrogen) atoms. The van der Waals surface area contributed by atoms with Crippen molar-refractivity contribution in [3.05, 3.63) is 0 Å². The van der Waals surface area contributed by atoms with Gasteiger partial charge in [-0.1, -0.05) is 13.3 Å². The lowest BCUT2D eigenvalue weighted by atomic mass is 9.96. The van der Waals surface area contributed by atoms with Crippen LogP contribution in [0.25, 0.3) is 0 Å². The van der Waals surface area contributed by atoms with Crippen LogP contribution >= 0.6 is 0 Å². The molecular weight excluding hydrogens is 158 g/mol. The molecule has 1 rings (SSSR count). The molecule has 0 spiro atoms. The summed E-state index contributed by atoms with van der Waals surface area (Å²) in [5.41, 5.74) is 0. The Morgan fingerprint density at radius 1 is 1.75 bits per heavy atom. The minimum atomic E-state index is -0.917. The van der Waals surface area contributed by atoms with E-state index in [0.29, 0.717) is 6.42 Å². The molecule has 1 saturated heterocycles. The molecule has 1 fully saturated rings. The van der Waals surface area contributed by atoms with Crippen LogP contribution in [0.4, 0.5) is 0 Å². The summed E-state index contributed by atoms with van der Waals surface area (Å²) in [4.78, 5) is 21.5. The number of aliphatic carboxylic acids is 1. The molecule has 0 unspecified atom stereocenters. The molecule has 68 valence electrons. The van der Waals surface area contributed by atoms with Crippen molar-refractivity contribution in [3.63, 3.8) is 0 Å². The second-order valence-electron chi connectivity index (χ2n) is 3.14. The lowest BCUT2D eigenvalue weighted by Gasteiger charge is -2.12. The van der Waals surface area contributed by atoms with Gasteiger partial charge in [-0.25, -0.2) is 4.79 Å². The zero-order chi connectivity index (χ0) is 9.14. The molecule has 2 atom stereocenters. The maximum absolute atomic E-state index is 10.9. The molecule has 4 nitrogen and oxygen atoms in total. The van der Waals surface area contributed by atoms with Crippen molar-refractivity contribution in [2.45, 2.75) is 32.2 Å². The largest absolute Gasteiger partial charge is 0.480 e. The van der Waals surface area contributed by atoms with Crippen molar-refractivity contribution < 1.29 is 14.7 Å². The fourth-order valence-electron chi connectivity index (χ4n) is 1.61. The summed E-state index contributed by atoms with van der Waals surface area (Å²) in [6.07, 6.45) is 2.09. The number of rotatable bonds is 3. The number of carbonyl (C=O) groups is 2. The predicted molar refractivity (Wildman–Crippen MR) is 42.6 cm³/mol. The first kappa shape index (κ1) is 9.03. The molecule has 4 heteroatoms. The highest BCUT2D eigenvalue weighted by Crippen LogP contribution is 2.21. The average Bonchev–Trinajstić information content (AvgIpc) is 2.32. The summed E-state index contributed by atoms with van der Waals surface area (Å²) in [6.45, 7) is 1.99. The third-order valence-corrected chi connectivity index (χ3v) is 2.16. The topological polar surface area (TPSA) is 66.4 Å². The van der Waals surface area contributed by atoms with Gasteiger partial charge in [-0.15, -0.1) is 0 Å². The summed E-state index contributed by atoms with van der Waals surface area (Å²) in [6, 6.07) is -0.655. The molecule has 1 heterocycles. The van der Waals surface area contributed by atoms with Gasteiger partial charge in [-0.05, 0) is 12.3 Å². The Balaban J connectivity index is 2.59. The van der Waals surface area contributed by atoms with Crippen molar-refractivity contribution in [3.8, 4) is 0 Å². The van der Waals surface area contributed by atoms with E-state index in [-0.39, 0.29) is 11.8 Å². The van der Waals surface area contributed by atoms with E-state index in [9.17, 15) is 9.59 Å². The highest BCUT2D eigenvalue weighted by atomic mass is 16.4. The fraction of sp³-hybridized carbons (Fsp3) is 0.750. The third kappa shape index (κ3) is 1.75. The van der Waals surface area contributed by atoms with Gasteiger partial charge in [0.25, 0.3) is 0 Å². The quantitative estimate of drug-likeness (QED) is 0.645. The van der Waals surface area contributed by atoms with Crippen LogP contribution in [-0.4, -0.2) is 23.0 Å². The first-order valence-corrected chi connectivity index (χ1v) is 4.17. The molecule has 0 aromatic carbocycles. The predicted octanol–water partition coefficient (Wildman–Crippen LogP) is 0.376. The van der Waals surface area contributed by atoms with Crippen LogP contribution in [0.15, 0.2) is 0 Å². The summed E-state index contributed by atoms with van der Waals surface area (Å²) >= 11 is 0. The van der Waals surface area contributed by atoms with E-state index in [0.717, 1.165) is 12.8 Å². The van der Waals surface area contributed by atoms with Gasteiger partial charge < -0.3 is 10.4 Å². The minimum absolute atomic E-state index is 0.0139. The van der Waals surface area contributed by atoms with Gasteiger partial charge in [0.1, 0.15) is 6.04 Å². The van der Waals surface area contributed by atoms with E-state index >= 15 is 0 Å². The average molecular weight is 171 g/mol. The van der Waals surface area contributed by atoms with Crippen molar-refractivity contribution >= 4 is 11.9 Å². The zero-order valence-corrected chi connectivity index (χ0v) is 7.04. The number of carbonyl (C=O) groups excluding carboxylic acids is 1. The van der Waals surface area contributed by atoms with Crippen molar-refractivity contribution in [2.24, 2.45) is 5.92 Å². The second-order valence-corrected chi connectivity index (χ2v) is 3.14. The summed E-state index contributed by atoms with van der Waals surface area (Å²) in [5, 5.41) is 11.2. The number of amides is 1. The lowest BCUT2D eigenvalue weighted by molar-refractivity contribution is -0.140. The Morgan fingerprint density at radius 2 is 2.42 bits per heavy atom. The Bertz CT molecular complexity index is 202. The molecule has 2 N–H and O–H groups in total. The third-order valence-electron chi connectivity index (χ3n) is 2.16. The van der Waals surface area contributed by atoms with Crippen LogP contribution in [0.2, 0.25) is 0 Å². The molecule has 1 amide bonds. The highest BCUT2D eigenvalue weighted by molar-refractivity contribution is 5.87. The van der Waals surface area contributed by atoms with Gasteiger partial charge in [0.05, 0.1) is 0 Å². The summed E-state index contributed by atoms with van der Waals surface area (Å²) in [5.74, 6) is -1.07. The number of carboxylic acid groups (broad SMARTS) is 1. The van der Waals surface area contributed by atoms with Crippen LogP contribution < -0.4 is 5.32 Å². The Kier molecular flexibility index (Phi) is 2.68. The van der Waals surface area contributed by atoms with Crippen molar-refractivity contribution in [2.75, 3.05) is 0 Å². The van der Waals surface area contributed by atoms with E-state index < -0.39 is 12.0 Å². The molecule has 0 aromatic rings. The van der Waals surface area contributed by atoms with Crippen LogP contribution in [0.3, 0.4) is 0 Å². The first-order valence-electron chi connectivity index (χ1n) is 4.17. The maximum atomic E-state index is 10.9. The van der Waals surface area contributed by atoms with E-state index in [2.05, 4.69) is 5.32 Å². The standard InChI is InChI=1S/C8H13NO3/c1-2-3-5-4-6(10)9-7(5)8(11)12/h5,7H,2-4H2,1H3,(H,9,10)(H,11,12)/t5-,7+/m1/s1. The van der Waals surface area contributed by atoms with Crippen molar-refractivity contribution in [1.29, 1.82) is 0 Å². The Hall–Kier alpha value is -1.06. The number of hydrogen-bond acceptors (Lipinski definition) is 2. The zero-order valence-electron chi connectivity index (χ0n) is 7.04. The normalized spacial score (nSPS) is 28.6. The molecule has 0 saturated carbocycles. The first-order chi connectivity index (χ1) is 5.65. The van der Waals surface area contributed by atoms with Gasteiger partial charge in [-0.3, -0.25) is 4.79 Å². The molecule has 0 bridgehead atoms. The summed E-state index contributed by atoms with van der Waals surface area (Å²) < 4.78 is 0. The summed E-state index contributed by atoms with van der Waals surface area (Å²) in [7, 11) is 0. The van der Waals surface area contributed by atoms with Crippen LogP contribution in [0.5, 0.6) is 0 Å². The smallest absolute Gasteiger partial charge is 0.326 e. The van der Waals surface area contributed by atoms with Crippen LogP contribution in [-0.2, 0) is 9.59 Å². The van der Waals surface area contributed by atoms with Gasteiger partial charge in [0, 0.05) is 6.42 Å². The van der Waals surface area contributed by atoms with E-state index in [1.807, 2.05) is 6.92 Å². The Labute approximate surface area is 71.0 Å². The molecule has 0 aromatic heterocycles. The number of nitrogens with one attached hydrogen (secondary N) is 1. The van der Waals surface area contributed by atoms with Crippen LogP contribution in [0.1, 0.15) is 26.2 Å². The lowest BCUT2D eigenvalue weighted by Crippen LogP contribution is -2.36. The molecular formula is C8H13NO3. The Morgan fingerprint density at radius 3 is 2.92 bits per heavy atom. The number of carboxylic acids is 1. The monoisotopic (exact) mass is 171 g/mol. The molecule has 1 aliphatic heterocycles. The SMILES string of the molecule is CCC[C@@H]1CC(=O)N[C@@H]1C(=O)O. The number of hydrogen-bond donors (Lipinski definition) is 2. The highest BCUT2D eigenvalue weighted by Gasteiger charge is 2.36. The van der Waals surface area contributed by atoms with E-state index in [1.165, 1.54) is 0 Å². The molecule has 0 aliphatic carbocycles.